The van der Waals surface area contributed by atoms with Crippen LogP contribution in [0.5, 0.6) is 0 Å². The number of carbonyl (C=O) groups is 2. The van der Waals surface area contributed by atoms with Gasteiger partial charge in [-0.25, -0.2) is 13.2 Å². The Bertz CT molecular complexity index is 1060. The third kappa shape index (κ3) is 6.25. The lowest BCUT2D eigenvalue weighted by Gasteiger charge is -2.26. The molecule has 170 valence electrons. The minimum Gasteiger partial charge on any atom is -0.462 e. The van der Waals surface area contributed by atoms with Crippen LogP contribution in [0.15, 0.2) is 59.5 Å². The van der Waals surface area contributed by atoms with Crippen LogP contribution in [0.3, 0.4) is 0 Å². The molecular formula is C23H26N2O6S. The van der Waals surface area contributed by atoms with E-state index in [1.165, 1.54) is 22.5 Å². The normalized spacial score (nSPS) is 14.9. The fourth-order valence-electron chi connectivity index (χ4n) is 3.01. The van der Waals surface area contributed by atoms with Crippen molar-refractivity contribution in [3.8, 4) is 0 Å². The number of anilines is 1. The number of sulfonamides is 1. The van der Waals surface area contributed by atoms with Crippen LogP contribution in [-0.4, -0.2) is 57.5 Å². The summed E-state index contributed by atoms with van der Waals surface area (Å²) in [4.78, 5) is 24.2. The highest BCUT2D eigenvalue weighted by Gasteiger charge is 2.25. The summed E-state index contributed by atoms with van der Waals surface area (Å²) in [5.74, 6) is -0.750. The molecule has 0 spiro atoms. The molecule has 2 aromatic carbocycles. The van der Waals surface area contributed by atoms with E-state index in [9.17, 15) is 18.0 Å². The van der Waals surface area contributed by atoms with Gasteiger partial charge in [0.25, 0.3) is 0 Å². The smallest absolute Gasteiger partial charge is 0.338 e. The average Bonchev–Trinajstić information content (AvgIpc) is 2.82. The van der Waals surface area contributed by atoms with Crippen molar-refractivity contribution in [1.29, 1.82) is 0 Å². The molecule has 9 heteroatoms. The van der Waals surface area contributed by atoms with Crippen LogP contribution in [0.4, 0.5) is 5.69 Å². The van der Waals surface area contributed by atoms with Crippen LogP contribution < -0.4 is 5.32 Å². The largest absolute Gasteiger partial charge is 0.462 e. The molecule has 1 aliphatic rings. The number of morpholine rings is 1. The van der Waals surface area contributed by atoms with E-state index in [2.05, 4.69) is 5.32 Å². The molecule has 32 heavy (non-hydrogen) atoms. The first kappa shape index (κ1) is 23.6. The summed E-state index contributed by atoms with van der Waals surface area (Å²) >= 11 is 0. The molecule has 1 heterocycles. The lowest BCUT2D eigenvalue weighted by molar-refractivity contribution is -0.111. The summed E-state index contributed by atoms with van der Waals surface area (Å²) in [6, 6.07) is 12.8. The van der Waals surface area contributed by atoms with Crippen molar-refractivity contribution in [2.75, 3.05) is 38.2 Å². The van der Waals surface area contributed by atoms with Gasteiger partial charge in [-0.05, 0) is 54.5 Å². The Morgan fingerprint density at radius 3 is 2.34 bits per heavy atom. The molecule has 1 aliphatic heterocycles. The van der Waals surface area contributed by atoms with Gasteiger partial charge in [0.15, 0.2) is 0 Å². The van der Waals surface area contributed by atoms with E-state index in [1.54, 1.807) is 42.5 Å². The Labute approximate surface area is 187 Å². The Hall–Kier alpha value is -3.01. The summed E-state index contributed by atoms with van der Waals surface area (Å²) < 4.78 is 37.0. The third-order valence-electron chi connectivity index (χ3n) is 4.74. The van der Waals surface area contributed by atoms with Gasteiger partial charge in [-0.1, -0.05) is 19.1 Å². The predicted octanol–water partition coefficient (Wildman–Crippen LogP) is 2.93. The van der Waals surface area contributed by atoms with Crippen molar-refractivity contribution in [3.63, 3.8) is 0 Å². The molecule has 0 unspecified atom stereocenters. The number of carbonyl (C=O) groups excluding carboxylic acids is 2. The zero-order valence-corrected chi connectivity index (χ0v) is 18.6. The molecule has 1 amide bonds. The first-order valence-corrected chi connectivity index (χ1v) is 11.8. The van der Waals surface area contributed by atoms with Gasteiger partial charge >= 0.3 is 5.97 Å². The second-order valence-corrected chi connectivity index (χ2v) is 9.06. The van der Waals surface area contributed by atoms with Crippen LogP contribution in [0.2, 0.25) is 0 Å². The zero-order valence-electron chi connectivity index (χ0n) is 17.8. The molecule has 0 atom stereocenters. The van der Waals surface area contributed by atoms with Crippen molar-refractivity contribution < 1.29 is 27.5 Å². The van der Waals surface area contributed by atoms with Crippen LogP contribution in [0.25, 0.3) is 6.08 Å². The van der Waals surface area contributed by atoms with Gasteiger partial charge in [-0.15, -0.1) is 0 Å². The van der Waals surface area contributed by atoms with Gasteiger partial charge in [0.2, 0.25) is 15.9 Å². The van der Waals surface area contributed by atoms with E-state index < -0.39 is 16.0 Å². The highest BCUT2D eigenvalue weighted by atomic mass is 32.2. The average molecular weight is 459 g/mol. The number of amides is 1. The Morgan fingerprint density at radius 1 is 1.06 bits per heavy atom. The Morgan fingerprint density at radius 2 is 1.72 bits per heavy atom. The van der Waals surface area contributed by atoms with Crippen molar-refractivity contribution in [2.24, 2.45) is 0 Å². The van der Waals surface area contributed by atoms with E-state index in [0.717, 1.165) is 6.42 Å². The van der Waals surface area contributed by atoms with E-state index in [-0.39, 0.29) is 10.8 Å². The highest BCUT2D eigenvalue weighted by molar-refractivity contribution is 7.89. The molecule has 0 radical (unpaired) electrons. The van der Waals surface area contributed by atoms with Crippen molar-refractivity contribution >= 4 is 33.7 Å². The topological polar surface area (TPSA) is 102 Å². The first-order chi connectivity index (χ1) is 15.4. The van der Waals surface area contributed by atoms with Gasteiger partial charge < -0.3 is 14.8 Å². The summed E-state index contributed by atoms with van der Waals surface area (Å²) in [5, 5.41) is 2.71. The standard InChI is InChI=1S/C23H26N2O6S/c1-2-15-31-23(27)19-6-8-20(9-7-19)24-22(26)12-5-18-3-10-21(11-4-18)32(28,29)25-13-16-30-17-14-25/h3-12H,2,13-17H2,1H3,(H,24,26)/b12-5+. The van der Waals surface area contributed by atoms with Crippen molar-refractivity contribution in [1.82, 2.24) is 4.31 Å². The lowest BCUT2D eigenvalue weighted by Crippen LogP contribution is -2.40. The molecule has 1 fully saturated rings. The second-order valence-electron chi connectivity index (χ2n) is 7.12. The highest BCUT2D eigenvalue weighted by Crippen LogP contribution is 2.18. The van der Waals surface area contributed by atoms with E-state index in [4.69, 9.17) is 9.47 Å². The number of ether oxygens (including phenoxy) is 2. The molecule has 0 aliphatic carbocycles. The van der Waals surface area contributed by atoms with Gasteiger partial charge in [0.1, 0.15) is 0 Å². The minimum absolute atomic E-state index is 0.207. The van der Waals surface area contributed by atoms with Gasteiger partial charge in [-0.2, -0.15) is 4.31 Å². The van der Waals surface area contributed by atoms with Gasteiger partial charge in [0.05, 0.1) is 30.3 Å². The molecule has 0 bridgehead atoms. The van der Waals surface area contributed by atoms with Crippen LogP contribution in [0.1, 0.15) is 29.3 Å². The number of esters is 1. The quantitative estimate of drug-likeness (QED) is 0.482. The molecule has 1 N–H and O–H groups in total. The number of benzene rings is 2. The van der Waals surface area contributed by atoms with Crippen molar-refractivity contribution in [3.05, 3.63) is 65.7 Å². The molecule has 8 nitrogen and oxygen atoms in total. The summed E-state index contributed by atoms with van der Waals surface area (Å²) in [6.45, 7) is 3.74. The third-order valence-corrected chi connectivity index (χ3v) is 6.65. The SMILES string of the molecule is CCCOC(=O)c1ccc(NC(=O)/C=C/c2ccc(S(=O)(=O)N3CCOCC3)cc2)cc1. The van der Waals surface area contributed by atoms with Gasteiger partial charge in [0, 0.05) is 24.9 Å². The molecule has 0 aromatic heterocycles. The number of nitrogens with one attached hydrogen (secondary N) is 1. The molecule has 3 rings (SSSR count). The van der Waals surface area contributed by atoms with Crippen LogP contribution >= 0.6 is 0 Å². The maximum absolute atomic E-state index is 12.6. The van der Waals surface area contributed by atoms with Gasteiger partial charge in [-0.3, -0.25) is 4.79 Å². The first-order valence-electron chi connectivity index (χ1n) is 10.3. The summed E-state index contributed by atoms with van der Waals surface area (Å²) in [5.41, 5.74) is 1.65. The fourth-order valence-corrected chi connectivity index (χ4v) is 4.42. The number of rotatable bonds is 8. The molecule has 0 saturated carbocycles. The zero-order chi connectivity index (χ0) is 23.0. The number of hydrogen-bond acceptors (Lipinski definition) is 6. The summed E-state index contributed by atoms with van der Waals surface area (Å²) in [6.07, 6.45) is 3.70. The van der Waals surface area contributed by atoms with Crippen molar-refractivity contribution in [2.45, 2.75) is 18.2 Å². The Balaban J connectivity index is 1.57. The monoisotopic (exact) mass is 458 g/mol. The molecular weight excluding hydrogens is 432 g/mol. The lowest BCUT2D eigenvalue weighted by atomic mass is 10.2. The maximum atomic E-state index is 12.6. The van der Waals surface area contributed by atoms with E-state index in [0.29, 0.717) is 49.7 Å². The van der Waals surface area contributed by atoms with Crippen LogP contribution in [-0.2, 0) is 24.3 Å². The number of hydrogen-bond donors (Lipinski definition) is 1. The summed E-state index contributed by atoms with van der Waals surface area (Å²) in [7, 11) is -3.55. The maximum Gasteiger partial charge on any atom is 0.338 e. The fraction of sp³-hybridized carbons (Fsp3) is 0.304. The van der Waals surface area contributed by atoms with E-state index in [1.807, 2.05) is 6.92 Å². The Kier molecular flexibility index (Phi) is 8.15. The minimum atomic E-state index is -3.55. The number of nitrogens with zero attached hydrogens (tertiary/aromatic N) is 1. The molecule has 1 saturated heterocycles. The van der Waals surface area contributed by atoms with Crippen LogP contribution in [0, 0.1) is 0 Å². The molecule has 2 aromatic rings. The van der Waals surface area contributed by atoms with E-state index >= 15 is 0 Å². The predicted molar refractivity (Wildman–Crippen MR) is 121 cm³/mol. The second kappa shape index (κ2) is 11.0.